The van der Waals surface area contributed by atoms with Crippen LogP contribution in [-0.2, 0) is 25.6 Å². The summed E-state index contributed by atoms with van der Waals surface area (Å²) in [5, 5.41) is 0. The number of carbonyl (C=O) groups excluding carboxylic acids is 1. The maximum absolute atomic E-state index is 12.6. The van der Waals surface area contributed by atoms with Crippen LogP contribution in [0.2, 0.25) is 0 Å². The molecule has 0 aromatic heterocycles. The van der Waals surface area contributed by atoms with Crippen LogP contribution in [-0.4, -0.2) is 37.1 Å². The van der Waals surface area contributed by atoms with Crippen molar-refractivity contribution in [3.8, 4) is 0 Å². The highest BCUT2D eigenvalue weighted by Crippen LogP contribution is 2.63. The molecule has 22 heavy (non-hydrogen) atoms. The van der Waals surface area contributed by atoms with Crippen LogP contribution in [0, 0.1) is 5.92 Å². The molecule has 1 aromatic carbocycles. The molecule has 1 aromatic rings. The topological polar surface area (TPSA) is 44.8 Å². The van der Waals surface area contributed by atoms with Gasteiger partial charge in [-0.05, 0) is 24.8 Å². The minimum atomic E-state index is -0.844. The summed E-state index contributed by atoms with van der Waals surface area (Å²) < 4.78 is 17.4. The lowest BCUT2D eigenvalue weighted by Gasteiger charge is -2.49. The molecule has 0 bridgehead atoms. The van der Waals surface area contributed by atoms with Crippen molar-refractivity contribution >= 4 is 13.8 Å². The second-order valence-electron chi connectivity index (χ2n) is 6.51. The Morgan fingerprint density at radius 3 is 2.82 bits per heavy atom. The Morgan fingerprint density at radius 2 is 2.09 bits per heavy atom. The van der Waals surface area contributed by atoms with Gasteiger partial charge in [0, 0.05) is 6.00 Å². The summed E-state index contributed by atoms with van der Waals surface area (Å²) >= 11 is 0. The Bertz CT molecular complexity index is 592. The van der Waals surface area contributed by atoms with Crippen molar-refractivity contribution < 1.29 is 19.0 Å². The van der Waals surface area contributed by atoms with E-state index in [0.29, 0.717) is 6.42 Å². The molecule has 1 saturated carbocycles. The van der Waals surface area contributed by atoms with E-state index in [1.807, 2.05) is 30.3 Å². The van der Waals surface area contributed by atoms with Crippen LogP contribution in [0.4, 0.5) is 0 Å². The van der Waals surface area contributed by atoms with Crippen molar-refractivity contribution in [3.05, 3.63) is 35.9 Å². The van der Waals surface area contributed by atoms with Crippen LogP contribution >= 0.6 is 0 Å². The minimum absolute atomic E-state index is 0.0308. The summed E-state index contributed by atoms with van der Waals surface area (Å²) in [6.45, 7) is 2.35. The summed E-state index contributed by atoms with van der Waals surface area (Å²) in [5.74, 6) is -0.242. The number of hydrogen-bond acceptors (Lipinski definition) is 4. The van der Waals surface area contributed by atoms with Gasteiger partial charge in [0.25, 0.3) is 0 Å². The summed E-state index contributed by atoms with van der Waals surface area (Å²) in [4.78, 5) is 12.6. The first-order valence-electron chi connectivity index (χ1n) is 7.94. The van der Waals surface area contributed by atoms with Crippen LogP contribution < -0.4 is 0 Å². The van der Waals surface area contributed by atoms with E-state index in [9.17, 15) is 4.79 Å². The van der Waals surface area contributed by atoms with Crippen molar-refractivity contribution in [1.82, 2.24) is 0 Å². The van der Waals surface area contributed by atoms with Gasteiger partial charge in [0.1, 0.15) is 14.5 Å². The second-order valence-corrected chi connectivity index (χ2v) is 6.51. The van der Waals surface area contributed by atoms with Crippen molar-refractivity contribution in [3.63, 3.8) is 0 Å². The van der Waals surface area contributed by atoms with Gasteiger partial charge in [-0.2, -0.15) is 0 Å². The quantitative estimate of drug-likeness (QED) is 0.629. The first kappa shape index (κ1) is 14.3. The zero-order valence-electron chi connectivity index (χ0n) is 12.7. The Labute approximate surface area is 131 Å². The normalized spacial score (nSPS) is 41.8. The van der Waals surface area contributed by atoms with E-state index in [0.717, 1.165) is 18.4 Å². The summed E-state index contributed by atoms with van der Waals surface area (Å²) in [6, 6.07) is 9.25. The zero-order valence-corrected chi connectivity index (χ0v) is 12.7. The molecule has 2 saturated heterocycles. The van der Waals surface area contributed by atoms with Gasteiger partial charge in [-0.25, -0.2) is 4.79 Å². The molecule has 2 unspecified atom stereocenters. The van der Waals surface area contributed by atoms with Crippen molar-refractivity contribution in [1.29, 1.82) is 0 Å². The predicted octanol–water partition coefficient (Wildman–Crippen LogP) is 1.95. The van der Waals surface area contributed by atoms with E-state index in [1.165, 1.54) is 0 Å². The molecule has 5 atom stereocenters. The molecule has 114 valence electrons. The molecule has 3 aliphatic rings. The van der Waals surface area contributed by atoms with E-state index in [-0.39, 0.29) is 30.2 Å². The van der Waals surface area contributed by atoms with Gasteiger partial charge in [0.2, 0.25) is 0 Å². The maximum atomic E-state index is 12.6. The SMILES string of the molecule is [B][C@@H]1O[C@@]2(CC)CCC3(C(=O)OCc4ccccc4)O[C@H]1C32. The highest BCUT2D eigenvalue weighted by Gasteiger charge is 2.77. The van der Waals surface area contributed by atoms with Crippen LogP contribution in [0.1, 0.15) is 31.7 Å². The van der Waals surface area contributed by atoms with Crippen LogP contribution in [0.3, 0.4) is 0 Å². The van der Waals surface area contributed by atoms with E-state index in [4.69, 9.17) is 22.1 Å². The van der Waals surface area contributed by atoms with Gasteiger partial charge < -0.3 is 14.2 Å². The monoisotopic (exact) mass is 298 g/mol. The smallest absolute Gasteiger partial charge is 0.339 e. The average Bonchev–Trinajstić information content (AvgIpc) is 2.88. The molecule has 2 radical (unpaired) electrons. The number of esters is 1. The Hall–Kier alpha value is -1.33. The van der Waals surface area contributed by atoms with Crippen LogP contribution in [0.5, 0.6) is 0 Å². The second kappa shape index (κ2) is 4.83. The van der Waals surface area contributed by atoms with E-state index in [1.54, 1.807) is 0 Å². The lowest BCUT2D eigenvalue weighted by Crippen LogP contribution is -2.65. The molecular weight excluding hydrogens is 279 g/mol. The molecule has 2 heterocycles. The van der Waals surface area contributed by atoms with Gasteiger partial charge in [0.05, 0.1) is 17.6 Å². The summed E-state index contributed by atoms with van der Waals surface area (Å²) in [7, 11) is 5.99. The lowest BCUT2D eigenvalue weighted by molar-refractivity contribution is -0.250. The summed E-state index contributed by atoms with van der Waals surface area (Å²) in [6.07, 6.45) is 2.13. The predicted molar refractivity (Wildman–Crippen MR) is 80.2 cm³/mol. The molecular formula is C17H19BO4. The van der Waals surface area contributed by atoms with Crippen LogP contribution in [0.15, 0.2) is 30.3 Å². The van der Waals surface area contributed by atoms with E-state index >= 15 is 0 Å². The maximum Gasteiger partial charge on any atom is 0.339 e. The average molecular weight is 298 g/mol. The molecule has 4 rings (SSSR count). The molecule has 5 heteroatoms. The molecule has 4 nitrogen and oxygen atoms in total. The third kappa shape index (κ3) is 1.75. The standard InChI is InChI=1S/C17H19BO4/c1-2-16-8-9-17(13(16)12(21-17)14(18)22-16)15(19)20-10-11-6-4-3-5-7-11/h3-7,12-14H,2,8-10H2,1H3/t12-,13?,14+,16-,17?/m0/s1. The highest BCUT2D eigenvalue weighted by atomic mass is 16.6. The van der Waals surface area contributed by atoms with Crippen molar-refractivity contribution in [2.45, 2.75) is 56.1 Å². The Kier molecular flexibility index (Phi) is 3.14. The van der Waals surface area contributed by atoms with Gasteiger partial charge in [-0.3, -0.25) is 0 Å². The van der Waals surface area contributed by atoms with Gasteiger partial charge in [0.15, 0.2) is 5.60 Å². The molecule has 3 fully saturated rings. The number of benzene rings is 1. The zero-order chi connectivity index (χ0) is 15.4. The number of hydrogen-bond donors (Lipinski definition) is 0. The molecule has 0 spiro atoms. The lowest BCUT2D eigenvalue weighted by atomic mass is 9.71. The fraction of sp³-hybridized carbons (Fsp3) is 0.588. The van der Waals surface area contributed by atoms with Gasteiger partial charge in [-0.1, -0.05) is 37.3 Å². The van der Waals surface area contributed by atoms with Crippen molar-refractivity contribution in [2.24, 2.45) is 5.92 Å². The Balaban J connectivity index is 1.50. The number of rotatable bonds is 4. The molecule has 0 amide bonds. The fourth-order valence-electron chi connectivity index (χ4n) is 4.40. The van der Waals surface area contributed by atoms with Crippen LogP contribution in [0.25, 0.3) is 0 Å². The largest absolute Gasteiger partial charge is 0.459 e. The Morgan fingerprint density at radius 1 is 1.32 bits per heavy atom. The third-order valence-electron chi connectivity index (χ3n) is 5.51. The minimum Gasteiger partial charge on any atom is -0.459 e. The number of ether oxygens (including phenoxy) is 3. The fourth-order valence-corrected chi connectivity index (χ4v) is 4.40. The molecule has 0 N–H and O–H groups in total. The van der Waals surface area contributed by atoms with Gasteiger partial charge >= 0.3 is 5.97 Å². The van der Waals surface area contributed by atoms with E-state index in [2.05, 4.69) is 6.92 Å². The summed E-state index contributed by atoms with van der Waals surface area (Å²) in [5.41, 5.74) is -0.181. The molecule has 2 aliphatic heterocycles. The van der Waals surface area contributed by atoms with Gasteiger partial charge in [-0.15, -0.1) is 0 Å². The first-order chi connectivity index (χ1) is 10.6. The number of carbonyl (C=O) groups is 1. The van der Waals surface area contributed by atoms with E-state index < -0.39 is 11.6 Å². The first-order valence-corrected chi connectivity index (χ1v) is 7.94. The van der Waals surface area contributed by atoms with Crippen molar-refractivity contribution in [2.75, 3.05) is 0 Å². The highest BCUT2D eigenvalue weighted by molar-refractivity contribution is 6.12. The molecule has 1 aliphatic carbocycles. The third-order valence-corrected chi connectivity index (χ3v) is 5.51.